The van der Waals surface area contributed by atoms with E-state index < -0.39 is 0 Å². The van der Waals surface area contributed by atoms with Crippen molar-refractivity contribution in [1.29, 1.82) is 0 Å². The van der Waals surface area contributed by atoms with Crippen molar-refractivity contribution in [3.63, 3.8) is 0 Å². The summed E-state index contributed by atoms with van der Waals surface area (Å²) in [6.07, 6.45) is 11.2. The molecule has 0 spiro atoms. The molecule has 0 heteroatoms. The Bertz CT molecular complexity index is 261. The Morgan fingerprint density at radius 3 is 2.44 bits per heavy atom. The molecule has 3 atom stereocenters. The quantitative estimate of drug-likeness (QED) is 0.507. The summed E-state index contributed by atoms with van der Waals surface area (Å²) in [6.45, 7) is 13.3. The predicted molar refractivity (Wildman–Crippen MR) is 73.5 cm³/mol. The number of rotatable bonds is 7. The second-order valence-corrected chi connectivity index (χ2v) is 5.69. The van der Waals surface area contributed by atoms with E-state index in [0.29, 0.717) is 5.41 Å². The van der Waals surface area contributed by atoms with E-state index in [0.717, 1.165) is 11.8 Å². The van der Waals surface area contributed by atoms with Gasteiger partial charge < -0.3 is 0 Å². The molecule has 92 valence electrons. The Morgan fingerprint density at radius 2 is 2.06 bits per heavy atom. The first-order valence-electron chi connectivity index (χ1n) is 6.88. The average Bonchev–Trinajstić information content (AvgIpc) is 2.82. The molecule has 1 fully saturated rings. The number of hydrogen-bond donors (Lipinski definition) is 0. The van der Waals surface area contributed by atoms with Gasteiger partial charge in [0.15, 0.2) is 0 Å². The third-order valence-corrected chi connectivity index (χ3v) is 4.25. The van der Waals surface area contributed by atoms with E-state index >= 15 is 0 Å². The largest absolute Gasteiger partial charge is 0.0993 e. The molecular formula is C16H28. The minimum absolute atomic E-state index is 0.464. The first kappa shape index (κ1) is 13.5. The number of allylic oxidation sites excluding steroid dienone is 3. The molecule has 0 aliphatic heterocycles. The molecule has 0 nitrogen and oxygen atoms in total. The van der Waals surface area contributed by atoms with Crippen LogP contribution in [0, 0.1) is 17.3 Å². The van der Waals surface area contributed by atoms with Gasteiger partial charge in [0.2, 0.25) is 0 Å². The fraction of sp³-hybridized carbons (Fsp3) is 0.750. The Kier molecular flexibility index (Phi) is 4.83. The molecule has 1 aliphatic rings. The van der Waals surface area contributed by atoms with Crippen LogP contribution in [-0.4, -0.2) is 0 Å². The minimum atomic E-state index is 0.464. The fourth-order valence-electron chi connectivity index (χ4n) is 2.89. The highest BCUT2D eigenvalue weighted by atomic mass is 14.5. The highest BCUT2D eigenvalue weighted by Crippen LogP contribution is 2.56. The van der Waals surface area contributed by atoms with Gasteiger partial charge in [0.1, 0.15) is 0 Å². The summed E-state index contributed by atoms with van der Waals surface area (Å²) in [5.74, 6) is 1.63. The van der Waals surface area contributed by atoms with Crippen molar-refractivity contribution in [3.05, 3.63) is 24.3 Å². The van der Waals surface area contributed by atoms with Crippen molar-refractivity contribution in [1.82, 2.24) is 0 Å². The lowest BCUT2D eigenvalue weighted by Gasteiger charge is -2.26. The summed E-state index contributed by atoms with van der Waals surface area (Å²) in [6, 6.07) is 0. The summed E-state index contributed by atoms with van der Waals surface area (Å²) in [4.78, 5) is 0. The third kappa shape index (κ3) is 3.23. The van der Waals surface area contributed by atoms with Gasteiger partial charge in [-0.2, -0.15) is 0 Å². The smallest absolute Gasteiger partial charge is 0.00758 e. The molecule has 0 aromatic rings. The molecule has 0 bridgehead atoms. The van der Waals surface area contributed by atoms with E-state index in [-0.39, 0.29) is 0 Å². The van der Waals surface area contributed by atoms with Crippen LogP contribution < -0.4 is 0 Å². The molecule has 3 unspecified atom stereocenters. The monoisotopic (exact) mass is 220 g/mol. The van der Waals surface area contributed by atoms with E-state index in [9.17, 15) is 0 Å². The lowest BCUT2D eigenvalue weighted by molar-refractivity contribution is 0.297. The highest BCUT2D eigenvalue weighted by Gasteiger charge is 2.44. The van der Waals surface area contributed by atoms with Gasteiger partial charge in [-0.05, 0) is 37.0 Å². The van der Waals surface area contributed by atoms with Crippen molar-refractivity contribution in [2.45, 2.75) is 59.8 Å². The summed E-state index contributed by atoms with van der Waals surface area (Å²) >= 11 is 0. The molecule has 1 aliphatic carbocycles. The second-order valence-electron chi connectivity index (χ2n) is 5.69. The first-order chi connectivity index (χ1) is 7.57. The van der Waals surface area contributed by atoms with Crippen molar-refractivity contribution < 1.29 is 0 Å². The van der Waals surface area contributed by atoms with Gasteiger partial charge in [0.25, 0.3) is 0 Å². The van der Waals surface area contributed by atoms with Gasteiger partial charge in [-0.15, -0.1) is 0 Å². The zero-order valence-electron chi connectivity index (χ0n) is 11.6. The van der Waals surface area contributed by atoms with Crippen LogP contribution in [0.2, 0.25) is 0 Å². The summed E-state index contributed by atoms with van der Waals surface area (Å²) in [5.41, 5.74) is 1.93. The van der Waals surface area contributed by atoms with Crippen LogP contribution in [0.3, 0.4) is 0 Å². The first-order valence-corrected chi connectivity index (χ1v) is 6.88. The van der Waals surface area contributed by atoms with E-state index in [1.807, 2.05) is 0 Å². The van der Waals surface area contributed by atoms with Gasteiger partial charge in [0, 0.05) is 0 Å². The molecule has 0 aromatic heterocycles. The van der Waals surface area contributed by atoms with E-state index in [4.69, 9.17) is 0 Å². The molecule has 0 aromatic carbocycles. The van der Waals surface area contributed by atoms with Crippen LogP contribution in [0.1, 0.15) is 59.8 Å². The predicted octanol–water partition coefficient (Wildman–Crippen LogP) is 5.36. The van der Waals surface area contributed by atoms with Crippen molar-refractivity contribution in [3.8, 4) is 0 Å². The summed E-state index contributed by atoms with van der Waals surface area (Å²) in [5, 5.41) is 0. The Labute approximate surface area is 102 Å². The maximum atomic E-state index is 4.14. The van der Waals surface area contributed by atoms with E-state index in [2.05, 4.69) is 46.4 Å². The van der Waals surface area contributed by atoms with Gasteiger partial charge in [-0.25, -0.2) is 0 Å². The fourth-order valence-corrected chi connectivity index (χ4v) is 2.89. The molecule has 0 amide bonds. The van der Waals surface area contributed by atoms with Crippen LogP contribution in [-0.2, 0) is 0 Å². The van der Waals surface area contributed by atoms with Crippen molar-refractivity contribution in [2.75, 3.05) is 0 Å². The molecule has 1 rings (SSSR count). The highest BCUT2D eigenvalue weighted by molar-refractivity contribution is 5.28. The molecule has 0 N–H and O–H groups in total. The third-order valence-electron chi connectivity index (χ3n) is 4.25. The molecule has 1 saturated carbocycles. The summed E-state index contributed by atoms with van der Waals surface area (Å²) < 4.78 is 0. The lowest BCUT2D eigenvalue weighted by atomic mass is 9.79. The Hall–Kier alpha value is -0.520. The maximum absolute atomic E-state index is 4.14. The van der Waals surface area contributed by atoms with Gasteiger partial charge in [0.05, 0.1) is 0 Å². The lowest BCUT2D eigenvalue weighted by Crippen LogP contribution is -2.16. The minimum Gasteiger partial charge on any atom is -0.0993 e. The van der Waals surface area contributed by atoms with Crippen molar-refractivity contribution in [2.24, 2.45) is 17.3 Å². The van der Waals surface area contributed by atoms with Gasteiger partial charge in [-0.3, -0.25) is 0 Å². The van der Waals surface area contributed by atoms with E-state index in [1.165, 1.54) is 37.7 Å². The molecule has 16 heavy (non-hydrogen) atoms. The Morgan fingerprint density at radius 1 is 1.44 bits per heavy atom. The molecule has 0 saturated heterocycles. The topological polar surface area (TPSA) is 0 Å². The van der Waals surface area contributed by atoms with Gasteiger partial charge in [-0.1, -0.05) is 64.3 Å². The molecule has 0 heterocycles. The zero-order chi connectivity index (χ0) is 12.2. The van der Waals surface area contributed by atoms with E-state index in [1.54, 1.807) is 0 Å². The van der Waals surface area contributed by atoms with Crippen LogP contribution in [0.25, 0.3) is 0 Å². The van der Waals surface area contributed by atoms with Crippen LogP contribution in [0.15, 0.2) is 24.3 Å². The molecular weight excluding hydrogens is 192 g/mol. The van der Waals surface area contributed by atoms with Crippen molar-refractivity contribution >= 4 is 0 Å². The van der Waals surface area contributed by atoms with Crippen LogP contribution in [0.4, 0.5) is 0 Å². The summed E-state index contributed by atoms with van der Waals surface area (Å²) in [7, 11) is 0. The normalized spacial score (nSPS) is 28.4. The molecule has 0 radical (unpaired) electrons. The second kappa shape index (κ2) is 5.70. The maximum Gasteiger partial charge on any atom is -0.00758 e. The Balaban J connectivity index is 2.62. The van der Waals surface area contributed by atoms with Crippen LogP contribution >= 0.6 is 0 Å². The van der Waals surface area contributed by atoms with Gasteiger partial charge >= 0.3 is 0 Å². The van der Waals surface area contributed by atoms with Crippen LogP contribution in [0.5, 0.6) is 0 Å². The average molecular weight is 220 g/mol. The zero-order valence-corrected chi connectivity index (χ0v) is 11.6. The standard InChI is InChI=1S/C16H28/c1-6-9-14(8-3)15(10-7-2)12-16(5)11-13(16)4/h7,10,14-15H,4,6,8-9,11-12H2,1-3,5H3. The SMILES string of the molecule is C=C1CC1(C)CC(C=CC)C(CC)CCC. The number of hydrogen-bond acceptors (Lipinski definition) is 0.